The van der Waals surface area contributed by atoms with Gasteiger partial charge in [0.2, 0.25) is 0 Å². The lowest BCUT2D eigenvalue weighted by Gasteiger charge is -2.18. The number of hydrogen-bond donors (Lipinski definition) is 0. The molecule has 0 saturated heterocycles. The SMILES string of the molecule is CCN(CC#N)C(=O)c1c(F)ccc(C)c1F. The Morgan fingerprint density at radius 1 is 1.47 bits per heavy atom. The zero-order valence-corrected chi connectivity index (χ0v) is 9.63. The summed E-state index contributed by atoms with van der Waals surface area (Å²) in [5, 5.41) is 8.53. The van der Waals surface area contributed by atoms with E-state index in [2.05, 4.69) is 0 Å². The molecule has 0 atom stereocenters. The predicted octanol–water partition coefficient (Wildman–Crippen LogP) is 2.26. The topological polar surface area (TPSA) is 44.1 Å². The highest BCUT2D eigenvalue weighted by Gasteiger charge is 2.23. The molecule has 0 aliphatic heterocycles. The highest BCUT2D eigenvalue weighted by atomic mass is 19.1. The van der Waals surface area contributed by atoms with Gasteiger partial charge in [-0.05, 0) is 25.5 Å². The minimum absolute atomic E-state index is 0.192. The summed E-state index contributed by atoms with van der Waals surface area (Å²) in [7, 11) is 0. The summed E-state index contributed by atoms with van der Waals surface area (Å²) < 4.78 is 27.1. The zero-order valence-electron chi connectivity index (χ0n) is 9.63. The zero-order chi connectivity index (χ0) is 13.0. The minimum atomic E-state index is -0.908. The number of halogens is 2. The molecule has 0 spiro atoms. The van der Waals surface area contributed by atoms with Crippen molar-refractivity contribution in [3.8, 4) is 6.07 Å². The molecule has 90 valence electrons. The monoisotopic (exact) mass is 238 g/mol. The summed E-state index contributed by atoms with van der Waals surface area (Å²) >= 11 is 0. The van der Waals surface area contributed by atoms with Gasteiger partial charge in [-0.2, -0.15) is 5.26 Å². The Hall–Kier alpha value is -1.96. The second-order valence-corrected chi connectivity index (χ2v) is 3.53. The van der Waals surface area contributed by atoms with E-state index >= 15 is 0 Å². The van der Waals surface area contributed by atoms with Crippen LogP contribution >= 0.6 is 0 Å². The largest absolute Gasteiger partial charge is 0.325 e. The van der Waals surface area contributed by atoms with Crippen LogP contribution in [0.2, 0.25) is 0 Å². The van der Waals surface area contributed by atoms with E-state index in [1.807, 2.05) is 0 Å². The normalized spacial score (nSPS) is 9.82. The first-order valence-corrected chi connectivity index (χ1v) is 5.13. The molecule has 17 heavy (non-hydrogen) atoms. The van der Waals surface area contributed by atoms with E-state index < -0.39 is 23.1 Å². The molecule has 0 aliphatic rings. The molecular weight excluding hydrogens is 226 g/mol. The molecule has 1 amide bonds. The lowest BCUT2D eigenvalue weighted by molar-refractivity contribution is 0.0774. The van der Waals surface area contributed by atoms with Gasteiger partial charge in [0, 0.05) is 6.54 Å². The Kier molecular flexibility index (Phi) is 4.16. The third-order valence-electron chi connectivity index (χ3n) is 2.43. The summed E-state index contributed by atoms with van der Waals surface area (Å²) in [4.78, 5) is 12.9. The molecule has 3 nitrogen and oxygen atoms in total. The number of rotatable bonds is 3. The quantitative estimate of drug-likeness (QED) is 0.758. The lowest BCUT2D eigenvalue weighted by Crippen LogP contribution is -2.32. The van der Waals surface area contributed by atoms with E-state index in [1.54, 1.807) is 13.0 Å². The Morgan fingerprint density at radius 2 is 2.12 bits per heavy atom. The average molecular weight is 238 g/mol. The van der Waals surface area contributed by atoms with E-state index in [-0.39, 0.29) is 18.7 Å². The number of benzene rings is 1. The first-order chi connectivity index (χ1) is 8.02. The predicted molar refractivity (Wildman–Crippen MR) is 58.3 cm³/mol. The molecule has 1 rings (SSSR count). The van der Waals surface area contributed by atoms with Crippen molar-refractivity contribution in [1.29, 1.82) is 5.26 Å². The Balaban J connectivity index is 3.20. The van der Waals surface area contributed by atoms with Crippen LogP contribution in [0.4, 0.5) is 8.78 Å². The molecule has 1 aromatic carbocycles. The second kappa shape index (κ2) is 5.39. The van der Waals surface area contributed by atoms with Gasteiger partial charge in [-0.25, -0.2) is 8.78 Å². The maximum Gasteiger partial charge on any atom is 0.260 e. The number of nitriles is 1. The van der Waals surface area contributed by atoms with Crippen LogP contribution in [0.5, 0.6) is 0 Å². The van der Waals surface area contributed by atoms with Crippen LogP contribution in [-0.2, 0) is 0 Å². The molecule has 0 radical (unpaired) electrons. The molecule has 0 aromatic heterocycles. The fraction of sp³-hybridized carbons (Fsp3) is 0.333. The molecule has 0 fully saturated rings. The van der Waals surface area contributed by atoms with Gasteiger partial charge in [0.1, 0.15) is 23.7 Å². The summed E-state index contributed by atoms with van der Waals surface area (Å²) in [5.74, 6) is -2.58. The van der Waals surface area contributed by atoms with Crippen molar-refractivity contribution in [2.45, 2.75) is 13.8 Å². The standard InChI is InChI=1S/C12H12F2N2O/c1-3-16(7-6-15)12(17)10-9(13)5-4-8(2)11(10)14/h4-5H,3,7H2,1-2H3. The van der Waals surface area contributed by atoms with E-state index in [0.717, 1.165) is 11.0 Å². The van der Waals surface area contributed by atoms with Crippen molar-refractivity contribution in [3.63, 3.8) is 0 Å². The van der Waals surface area contributed by atoms with Crippen molar-refractivity contribution in [2.24, 2.45) is 0 Å². The van der Waals surface area contributed by atoms with Crippen LogP contribution in [-0.4, -0.2) is 23.9 Å². The number of nitrogens with zero attached hydrogens (tertiary/aromatic N) is 2. The summed E-state index contributed by atoms with van der Waals surface area (Å²) in [6.45, 7) is 3.12. The highest BCUT2D eigenvalue weighted by molar-refractivity contribution is 5.95. The molecular formula is C12H12F2N2O. The van der Waals surface area contributed by atoms with E-state index in [9.17, 15) is 13.6 Å². The first kappa shape index (κ1) is 13.1. The molecule has 0 saturated carbocycles. The smallest absolute Gasteiger partial charge is 0.260 e. The van der Waals surface area contributed by atoms with Crippen LogP contribution in [0.3, 0.4) is 0 Å². The van der Waals surface area contributed by atoms with Crippen LogP contribution in [0.25, 0.3) is 0 Å². The van der Waals surface area contributed by atoms with Gasteiger partial charge >= 0.3 is 0 Å². The third-order valence-corrected chi connectivity index (χ3v) is 2.43. The molecule has 0 bridgehead atoms. The van der Waals surface area contributed by atoms with Gasteiger partial charge in [0.05, 0.1) is 6.07 Å². The maximum atomic E-state index is 13.7. The minimum Gasteiger partial charge on any atom is -0.325 e. The molecule has 1 aromatic rings. The van der Waals surface area contributed by atoms with Gasteiger partial charge in [-0.3, -0.25) is 4.79 Å². The third kappa shape index (κ3) is 2.59. The Morgan fingerprint density at radius 3 is 2.65 bits per heavy atom. The number of carbonyl (C=O) groups excluding carboxylic acids is 1. The van der Waals surface area contributed by atoms with Crippen molar-refractivity contribution >= 4 is 5.91 Å². The van der Waals surface area contributed by atoms with Crippen LogP contribution in [0.15, 0.2) is 12.1 Å². The van der Waals surface area contributed by atoms with E-state index in [1.165, 1.54) is 13.0 Å². The number of amides is 1. The fourth-order valence-electron chi connectivity index (χ4n) is 1.42. The van der Waals surface area contributed by atoms with Gasteiger partial charge in [0.25, 0.3) is 5.91 Å². The second-order valence-electron chi connectivity index (χ2n) is 3.53. The van der Waals surface area contributed by atoms with Crippen molar-refractivity contribution in [1.82, 2.24) is 4.90 Å². The summed E-state index contributed by atoms with van der Waals surface area (Å²) in [6.07, 6.45) is 0. The maximum absolute atomic E-state index is 13.7. The Labute approximate surface area is 98.3 Å². The van der Waals surface area contributed by atoms with Gasteiger partial charge in [-0.15, -0.1) is 0 Å². The first-order valence-electron chi connectivity index (χ1n) is 5.13. The highest BCUT2D eigenvalue weighted by Crippen LogP contribution is 2.18. The van der Waals surface area contributed by atoms with Crippen molar-refractivity contribution in [3.05, 3.63) is 34.9 Å². The summed E-state index contributed by atoms with van der Waals surface area (Å²) in [6, 6.07) is 4.10. The molecule has 5 heteroatoms. The molecule has 0 N–H and O–H groups in total. The van der Waals surface area contributed by atoms with Gasteiger partial charge < -0.3 is 4.90 Å². The van der Waals surface area contributed by atoms with E-state index in [0.29, 0.717) is 0 Å². The van der Waals surface area contributed by atoms with Gasteiger partial charge in [-0.1, -0.05) is 6.07 Å². The number of carbonyl (C=O) groups is 1. The lowest BCUT2D eigenvalue weighted by atomic mass is 10.1. The van der Waals surface area contributed by atoms with Crippen LogP contribution in [0.1, 0.15) is 22.8 Å². The molecule has 0 unspecified atom stereocenters. The fourth-order valence-corrected chi connectivity index (χ4v) is 1.42. The number of aryl methyl sites for hydroxylation is 1. The van der Waals surface area contributed by atoms with E-state index in [4.69, 9.17) is 5.26 Å². The summed E-state index contributed by atoms with van der Waals surface area (Å²) in [5.41, 5.74) is -0.398. The van der Waals surface area contributed by atoms with Crippen molar-refractivity contribution in [2.75, 3.05) is 13.1 Å². The van der Waals surface area contributed by atoms with Crippen molar-refractivity contribution < 1.29 is 13.6 Å². The molecule has 0 aliphatic carbocycles. The Bertz CT molecular complexity index is 480. The number of hydrogen-bond acceptors (Lipinski definition) is 2. The van der Waals surface area contributed by atoms with Gasteiger partial charge in [0.15, 0.2) is 0 Å². The average Bonchev–Trinajstić information content (AvgIpc) is 2.31. The van der Waals surface area contributed by atoms with Crippen LogP contribution < -0.4 is 0 Å². The van der Waals surface area contributed by atoms with Crippen LogP contribution in [0, 0.1) is 29.9 Å². The molecule has 0 heterocycles.